The van der Waals surface area contributed by atoms with Gasteiger partial charge < -0.3 is 24.0 Å². The van der Waals surface area contributed by atoms with Crippen LogP contribution in [0.4, 0.5) is 18.9 Å². The summed E-state index contributed by atoms with van der Waals surface area (Å²) < 4.78 is 43.8. The number of anilines is 1. The van der Waals surface area contributed by atoms with Gasteiger partial charge in [0.15, 0.2) is 0 Å². The van der Waals surface area contributed by atoms with E-state index in [-0.39, 0.29) is 39.3 Å². The molecule has 2 atom stereocenters. The molecule has 2 aliphatic heterocycles. The molecule has 2 aliphatic rings. The highest BCUT2D eigenvalue weighted by Gasteiger charge is 2.57. The summed E-state index contributed by atoms with van der Waals surface area (Å²) in [6.07, 6.45) is -1.97. The minimum absolute atomic E-state index is 0. The van der Waals surface area contributed by atoms with Crippen molar-refractivity contribution < 1.29 is 46.5 Å². The number of halogens is 7. The molecule has 4 rings (SSSR count). The molecule has 190 valence electrons. The fourth-order valence-electron chi connectivity index (χ4n) is 4.54. The molecular weight excluding hydrogens is 639 g/mol. The van der Waals surface area contributed by atoms with Gasteiger partial charge in [0.25, 0.3) is 0 Å². The van der Waals surface area contributed by atoms with E-state index in [0.717, 1.165) is 24.3 Å². The number of carbonyl (C=O) groups is 1. The Kier molecular flexibility index (Phi) is 8.90. The standard InChI is InChI=1S/C23H22Cl3F3N4O.HI/c1-33(11-3-2-4-12-33)31-22(34)20-19(23(27,28)29)21(14-5-7-15(24)8-6-14)32(30-20)18-10-9-16(25)13-17(18)26;/h5-10,13,19,21H,2-4,11-12H2,1H3;1H/t19-,21-;/m1./s1. The third-order valence-electron chi connectivity index (χ3n) is 6.22. The number of nitrogens with one attached hydrogen (secondary N) is 1. The second-order valence-corrected chi connectivity index (χ2v) is 10.1. The molecule has 0 radical (unpaired) electrons. The van der Waals surface area contributed by atoms with E-state index >= 15 is 0 Å². The average molecular weight is 662 g/mol. The van der Waals surface area contributed by atoms with Gasteiger partial charge in [-0.3, -0.25) is 9.80 Å². The molecule has 2 aromatic carbocycles. The smallest absolute Gasteiger partial charge is 0.399 e. The molecule has 1 saturated heterocycles. The van der Waals surface area contributed by atoms with Crippen LogP contribution in [0.1, 0.15) is 30.9 Å². The van der Waals surface area contributed by atoms with Crippen molar-refractivity contribution in [2.45, 2.75) is 31.5 Å². The summed E-state index contributed by atoms with van der Waals surface area (Å²) in [6, 6.07) is 9.07. The van der Waals surface area contributed by atoms with Crippen LogP contribution in [0.15, 0.2) is 47.6 Å². The minimum Gasteiger partial charge on any atom is -1.00 e. The predicted molar refractivity (Wildman–Crippen MR) is 128 cm³/mol. The second-order valence-electron chi connectivity index (χ2n) is 8.79. The Bertz CT molecular complexity index is 1110. The first kappa shape index (κ1) is 28.3. The highest BCUT2D eigenvalue weighted by Crippen LogP contribution is 2.48. The number of carbonyl (C=O) groups excluding carboxylic acids is 1. The van der Waals surface area contributed by atoms with Gasteiger partial charge in [0, 0.05) is 10.0 Å². The van der Waals surface area contributed by atoms with Crippen LogP contribution in [0.5, 0.6) is 0 Å². The lowest BCUT2D eigenvalue weighted by Crippen LogP contribution is -3.00. The Hall–Kier alpha value is -1.27. The van der Waals surface area contributed by atoms with Crippen LogP contribution in [-0.2, 0) is 4.79 Å². The maximum absolute atomic E-state index is 14.5. The number of piperidine rings is 1. The summed E-state index contributed by atoms with van der Waals surface area (Å²) in [5.41, 5.74) is 2.68. The monoisotopic (exact) mass is 660 g/mol. The lowest BCUT2D eigenvalue weighted by Gasteiger charge is -2.36. The van der Waals surface area contributed by atoms with Crippen LogP contribution >= 0.6 is 34.8 Å². The first-order chi connectivity index (χ1) is 16.0. The topological polar surface area (TPSA) is 44.7 Å². The number of alkyl halides is 3. The molecule has 1 N–H and O–H groups in total. The van der Waals surface area contributed by atoms with Crippen molar-refractivity contribution >= 4 is 52.1 Å². The van der Waals surface area contributed by atoms with Gasteiger partial charge in [0.05, 0.1) is 23.8 Å². The van der Waals surface area contributed by atoms with Gasteiger partial charge in [-0.1, -0.05) is 46.9 Å². The van der Waals surface area contributed by atoms with Crippen LogP contribution in [0.25, 0.3) is 0 Å². The van der Waals surface area contributed by atoms with Crippen LogP contribution in [0, 0.1) is 5.92 Å². The Labute approximate surface area is 233 Å². The average Bonchev–Trinajstić information content (AvgIpc) is 3.15. The summed E-state index contributed by atoms with van der Waals surface area (Å²) in [7, 11) is 1.81. The van der Waals surface area contributed by atoms with E-state index in [1.54, 1.807) is 7.05 Å². The summed E-state index contributed by atoms with van der Waals surface area (Å²) >= 11 is 18.3. The molecule has 0 spiro atoms. The Morgan fingerprint density at radius 3 is 2.20 bits per heavy atom. The van der Waals surface area contributed by atoms with Gasteiger partial charge in [-0.2, -0.15) is 23.7 Å². The van der Waals surface area contributed by atoms with Gasteiger partial charge in [0.1, 0.15) is 24.7 Å². The molecule has 0 unspecified atom stereocenters. The van der Waals surface area contributed by atoms with E-state index in [0.29, 0.717) is 28.7 Å². The van der Waals surface area contributed by atoms with Crippen molar-refractivity contribution in [3.05, 3.63) is 63.1 Å². The van der Waals surface area contributed by atoms with Crippen molar-refractivity contribution in [2.24, 2.45) is 11.0 Å². The molecule has 35 heavy (non-hydrogen) atoms. The van der Waals surface area contributed by atoms with Crippen molar-refractivity contribution in [1.29, 1.82) is 0 Å². The van der Waals surface area contributed by atoms with Gasteiger partial charge >= 0.3 is 12.1 Å². The molecule has 0 saturated carbocycles. The number of rotatable bonds is 4. The van der Waals surface area contributed by atoms with Crippen molar-refractivity contribution in [3.63, 3.8) is 0 Å². The van der Waals surface area contributed by atoms with Gasteiger partial charge in [-0.05, 0) is 55.2 Å². The maximum atomic E-state index is 14.5. The van der Waals surface area contributed by atoms with Crippen LogP contribution in [-0.4, -0.2) is 42.5 Å². The molecule has 2 heterocycles. The third kappa shape index (κ3) is 6.18. The molecule has 5 nitrogen and oxygen atoms in total. The largest absolute Gasteiger partial charge is 1.00 e. The van der Waals surface area contributed by atoms with E-state index in [1.807, 2.05) is 0 Å². The van der Waals surface area contributed by atoms with E-state index in [2.05, 4.69) is 10.5 Å². The van der Waals surface area contributed by atoms with Gasteiger partial charge in [0.2, 0.25) is 0 Å². The quantitative estimate of drug-likeness (QED) is 0.404. The Morgan fingerprint density at radius 2 is 1.63 bits per heavy atom. The summed E-state index contributed by atoms with van der Waals surface area (Å²) in [4.78, 5) is 13.3. The van der Waals surface area contributed by atoms with E-state index in [9.17, 15) is 18.0 Å². The zero-order valence-electron chi connectivity index (χ0n) is 18.6. The van der Waals surface area contributed by atoms with Gasteiger partial charge in [-0.25, -0.2) is 4.59 Å². The Balaban J connectivity index is 0.00000342. The van der Waals surface area contributed by atoms with E-state index in [1.165, 1.54) is 42.5 Å². The minimum atomic E-state index is -4.76. The fraction of sp³-hybridized carbons (Fsp3) is 0.391. The normalized spacial score (nSPS) is 21.8. The molecule has 1 amide bonds. The summed E-state index contributed by atoms with van der Waals surface area (Å²) in [5, 5.41) is 6.20. The number of nitrogens with zero attached hydrogens (tertiary/aromatic N) is 3. The van der Waals surface area contributed by atoms with Crippen LogP contribution in [0.3, 0.4) is 0 Å². The first-order valence-corrected chi connectivity index (χ1v) is 11.9. The highest BCUT2D eigenvalue weighted by molar-refractivity contribution is 6.41. The molecule has 2 aromatic rings. The lowest BCUT2D eigenvalue weighted by molar-refractivity contribution is -0.947. The number of amides is 1. The lowest BCUT2D eigenvalue weighted by atomic mass is 9.88. The Morgan fingerprint density at radius 1 is 1.03 bits per heavy atom. The molecule has 12 heteroatoms. The SMILES string of the molecule is C[N+]1(NC(=O)C2=NN(c3ccc(Cl)cc3Cl)[C@H](c3ccc(Cl)cc3)[C@@H]2C(F)(F)F)CCCCC1.[I-]. The van der Waals surface area contributed by atoms with E-state index < -0.39 is 29.8 Å². The second kappa shape index (κ2) is 11.0. The van der Waals surface area contributed by atoms with Crippen molar-refractivity contribution in [3.8, 4) is 0 Å². The van der Waals surface area contributed by atoms with Gasteiger partial charge in [-0.15, -0.1) is 0 Å². The first-order valence-electron chi connectivity index (χ1n) is 10.8. The molecule has 0 aromatic heterocycles. The number of hydrazone groups is 1. The molecular formula is C23H23Cl3F3IN4O. The number of quaternary nitrogens is 1. The van der Waals surface area contributed by atoms with Crippen LogP contribution < -0.4 is 34.4 Å². The summed E-state index contributed by atoms with van der Waals surface area (Å²) in [5.74, 6) is -3.03. The zero-order valence-corrected chi connectivity index (χ0v) is 23.1. The zero-order chi connectivity index (χ0) is 24.7. The van der Waals surface area contributed by atoms with Crippen molar-refractivity contribution in [1.82, 2.24) is 5.43 Å². The summed E-state index contributed by atoms with van der Waals surface area (Å²) in [6.45, 7) is 1.28. The maximum Gasteiger partial charge on any atom is 0.399 e. The fourth-order valence-corrected chi connectivity index (χ4v) is 5.16. The van der Waals surface area contributed by atoms with Crippen LogP contribution in [0.2, 0.25) is 15.1 Å². The molecule has 0 bridgehead atoms. The van der Waals surface area contributed by atoms with Crippen molar-refractivity contribution in [2.75, 3.05) is 25.1 Å². The molecule has 1 fully saturated rings. The number of likely N-dealkylation sites (tertiary alicyclic amines) is 1. The highest BCUT2D eigenvalue weighted by atomic mass is 127. The third-order valence-corrected chi connectivity index (χ3v) is 7.01. The molecule has 0 aliphatic carbocycles. The number of hydrogen-bond donors (Lipinski definition) is 1. The van der Waals surface area contributed by atoms with E-state index in [4.69, 9.17) is 34.8 Å². The predicted octanol–water partition coefficient (Wildman–Crippen LogP) is 3.41. The number of benzene rings is 2. The number of hydrogen-bond acceptors (Lipinski definition) is 3.